The zero-order valence-corrected chi connectivity index (χ0v) is 14.5. The van der Waals surface area contributed by atoms with Crippen molar-refractivity contribution in [3.63, 3.8) is 0 Å². The monoisotopic (exact) mass is 366 g/mol. The van der Waals surface area contributed by atoms with Crippen molar-refractivity contribution in [3.8, 4) is 11.4 Å². The van der Waals surface area contributed by atoms with Crippen LogP contribution in [0.4, 0.5) is 5.82 Å². The van der Waals surface area contributed by atoms with Crippen molar-refractivity contribution in [1.29, 1.82) is 0 Å². The van der Waals surface area contributed by atoms with E-state index in [4.69, 9.17) is 11.6 Å². The van der Waals surface area contributed by atoms with Gasteiger partial charge in [0, 0.05) is 36.6 Å². The van der Waals surface area contributed by atoms with Gasteiger partial charge >= 0.3 is 0 Å². The second-order valence-corrected chi connectivity index (χ2v) is 6.43. The molecule has 0 radical (unpaired) electrons. The molecule has 1 atom stereocenters. The van der Waals surface area contributed by atoms with E-state index in [0.29, 0.717) is 29.8 Å². The molecule has 0 aliphatic carbocycles. The highest BCUT2D eigenvalue weighted by molar-refractivity contribution is 6.29. The van der Waals surface area contributed by atoms with Gasteiger partial charge < -0.3 is 0 Å². The Morgan fingerprint density at radius 1 is 1.08 bits per heavy atom. The summed E-state index contributed by atoms with van der Waals surface area (Å²) in [5.41, 5.74) is 1.83. The molecule has 0 saturated carbocycles. The Labute approximate surface area is 155 Å². The molecule has 0 unspecified atom stereocenters. The Morgan fingerprint density at radius 2 is 1.92 bits per heavy atom. The topological polar surface area (TPSA) is 84.8 Å². The van der Waals surface area contributed by atoms with Gasteiger partial charge in [-0.05, 0) is 36.6 Å². The molecule has 3 aromatic rings. The molecule has 1 fully saturated rings. The van der Waals surface area contributed by atoms with Crippen LogP contribution in [0.15, 0.2) is 49.1 Å². The van der Waals surface area contributed by atoms with Gasteiger partial charge in [-0.1, -0.05) is 17.7 Å². The van der Waals surface area contributed by atoms with Gasteiger partial charge in [0.2, 0.25) is 5.91 Å². The number of halogens is 1. The van der Waals surface area contributed by atoms with Crippen LogP contribution in [0, 0.1) is 5.92 Å². The predicted octanol–water partition coefficient (Wildman–Crippen LogP) is 2.58. The van der Waals surface area contributed by atoms with Crippen molar-refractivity contribution >= 4 is 23.3 Å². The average Bonchev–Trinajstić information content (AvgIpc) is 3.05. The molecule has 0 spiro atoms. The predicted molar refractivity (Wildman–Crippen MR) is 96.5 cm³/mol. The van der Waals surface area contributed by atoms with Crippen LogP contribution in [0.25, 0.3) is 11.4 Å². The summed E-state index contributed by atoms with van der Waals surface area (Å²) in [6, 6.07) is 7.26. The summed E-state index contributed by atoms with van der Waals surface area (Å²) in [4.78, 5) is 26.7. The van der Waals surface area contributed by atoms with Crippen LogP contribution in [-0.4, -0.2) is 37.6 Å². The van der Waals surface area contributed by atoms with Crippen LogP contribution in [0.3, 0.4) is 0 Å². The van der Waals surface area contributed by atoms with Gasteiger partial charge in [0.1, 0.15) is 5.15 Å². The Kier molecular flexibility index (Phi) is 4.53. The molecule has 0 bridgehead atoms. The van der Waals surface area contributed by atoms with E-state index in [9.17, 15) is 4.79 Å². The summed E-state index contributed by atoms with van der Waals surface area (Å²) in [6.07, 6.45) is 8.04. The van der Waals surface area contributed by atoms with Crippen LogP contribution in [0.2, 0.25) is 5.15 Å². The first kappa shape index (κ1) is 16.5. The number of carbonyl (C=O) groups excluding carboxylic acids is 1. The maximum Gasteiger partial charge on any atom is 0.231 e. The maximum atomic E-state index is 12.7. The zero-order chi connectivity index (χ0) is 17.9. The van der Waals surface area contributed by atoms with E-state index in [0.717, 1.165) is 17.5 Å². The van der Waals surface area contributed by atoms with E-state index >= 15 is 0 Å². The fourth-order valence-electron chi connectivity index (χ4n) is 2.99. The third kappa shape index (κ3) is 3.39. The lowest BCUT2D eigenvalue weighted by molar-refractivity contribution is -0.120. The van der Waals surface area contributed by atoms with Crippen molar-refractivity contribution in [2.45, 2.75) is 12.8 Å². The molecule has 1 saturated heterocycles. The van der Waals surface area contributed by atoms with Gasteiger partial charge in [-0.25, -0.2) is 9.97 Å². The van der Waals surface area contributed by atoms with Crippen LogP contribution in [-0.2, 0) is 11.2 Å². The van der Waals surface area contributed by atoms with Crippen molar-refractivity contribution in [2.24, 2.45) is 5.92 Å². The first-order valence-corrected chi connectivity index (χ1v) is 8.60. The summed E-state index contributed by atoms with van der Waals surface area (Å²) < 4.78 is 0. The summed E-state index contributed by atoms with van der Waals surface area (Å²) in [5.74, 6) is 0.920. The second kappa shape index (κ2) is 7.13. The minimum Gasteiger partial charge on any atom is -0.294 e. The fourth-order valence-corrected chi connectivity index (χ4v) is 3.11. The van der Waals surface area contributed by atoms with Crippen molar-refractivity contribution in [3.05, 3.63) is 59.8 Å². The first-order chi connectivity index (χ1) is 12.7. The molecule has 3 aromatic heterocycles. The molecule has 0 aromatic carbocycles. The van der Waals surface area contributed by atoms with E-state index in [1.807, 2.05) is 18.2 Å². The highest BCUT2D eigenvalue weighted by Crippen LogP contribution is 2.26. The molecule has 8 heteroatoms. The summed E-state index contributed by atoms with van der Waals surface area (Å²) in [6.45, 7) is 0.607. The smallest absolute Gasteiger partial charge is 0.231 e. The number of anilines is 1. The largest absolute Gasteiger partial charge is 0.294 e. The molecule has 4 rings (SSSR count). The standard InChI is InChI=1S/C18H15ClN6O/c19-15-2-1-12(10-21-15)9-14-5-8-25(18(14)26)16-11-22-17(24-23-16)13-3-6-20-7-4-13/h1-4,6-7,10-11,14H,5,8-9H2/t14-/m0/s1. The van der Waals surface area contributed by atoms with Crippen molar-refractivity contribution < 1.29 is 4.79 Å². The quantitative estimate of drug-likeness (QED) is 0.660. The van der Waals surface area contributed by atoms with Crippen LogP contribution < -0.4 is 4.90 Å². The van der Waals surface area contributed by atoms with Crippen LogP contribution >= 0.6 is 11.6 Å². The molecule has 7 nitrogen and oxygen atoms in total. The third-order valence-electron chi connectivity index (χ3n) is 4.35. The van der Waals surface area contributed by atoms with Gasteiger partial charge in [-0.3, -0.25) is 14.7 Å². The molecule has 4 heterocycles. The van der Waals surface area contributed by atoms with Crippen LogP contribution in [0.1, 0.15) is 12.0 Å². The molecular formula is C18H15ClN6O. The number of nitrogens with zero attached hydrogens (tertiary/aromatic N) is 6. The fraction of sp³-hybridized carbons (Fsp3) is 0.222. The minimum atomic E-state index is -0.0975. The Hall–Kier alpha value is -2.93. The lowest BCUT2D eigenvalue weighted by atomic mass is 9.99. The van der Waals surface area contributed by atoms with Gasteiger partial charge in [0.25, 0.3) is 0 Å². The van der Waals surface area contributed by atoms with E-state index in [1.165, 1.54) is 0 Å². The molecule has 26 heavy (non-hydrogen) atoms. The average molecular weight is 367 g/mol. The lowest BCUT2D eigenvalue weighted by Gasteiger charge is -2.15. The second-order valence-electron chi connectivity index (χ2n) is 6.04. The molecule has 1 amide bonds. The molecule has 1 aliphatic rings. The van der Waals surface area contributed by atoms with Crippen LogP contribution in [0.5, 0.6) is 0 Å². The number of amides is 1. The summed E-state index contributed by atoms with van der Waals surface area (Å²) in [7, 11) is 0. The number of pyridine rings is 2. The van der Waals surface area contributed by atoms with E-state index in [1.54, 1.807) is 35.8 Å². The number of carbonyl (C=O) groups is 1. The molecular weight excluding hydrogens is 352 g/mol. The summed E-state index contributed by atoms with van der Waals surface area (Å²) >= 11 is 5.81. The van der Waals surface area contributed by atoms with Crippen molar-refractivity contribution in [2.75, 3.05) is 11.4 Å². The molecule has 1 aliphatic heterocycles. The van der Waals surface area contributed by atoms with Gasteiger partial charge in [0.15, 0.2) is 11.6 Å². The number of hydrogen-bond donors (Lipinski definition) is 0. The van der Waals surface area contributed by atoms with E-state index < -0.39 is 0 Å². The molecule has 130 valence electrons. The lowest BCUT2D eigenvalue weighted by Crippen LogP contribution is -2.29. The van der Waals surface area contributed by atoms with Gasteiger partial charge in [-0.2, -0.15) is 0 Å². The normalized spacial score (nSPS) is 16.9. The SMILES string of the molecule is O=C1[C@H](Cc2ccc(Cl)nc2)CCN1c1cnc(-c2ccncc2)nn1. The highest BCUT2D eigenvalue weighted by Gasteiger charge is 2.33. The van der Waals surface area contributed by atoms with E-state index in [2.05, 4.69) is 25.1 Å². The number of rotatable bonds is 4. The number of aromatic nitrogens is 5. The number of hydrogen-bond acceptors (Lipinski definition) is 6. The summed E-state index contributed by atoms with van der Waals surface area (Å²) in [5, 5.41) is 8.77. The third-order valence-corrected chi connectivity index (χ3v) is 4.58. The zero-order valence-electron chi connectivity index (χ0n) is 13.8. The van der Waals surface area contributed by atoms with E-state index in [-0.39, 0.29) is 11.8 Å². The Morgan fingerprint density at radius 3 is 2.62 bits per heavy atom. The Bertz CT molecular complexity index is 901. The van der Waals surface area contributed by atoms with Gasteiger partial charge in [0.05, 0.1) is 6.20 Å². The van der Waals surface area contributed by atoms with Gasteiger partial charge in [-0.15, -0.1) is 10.2 Å². The molecule has 0 N–H and O–H groups in total. The highest BCUT2D eigenvalue weighted by atomic mass is 35.5. The van der Waals surface area contributed by atoms with Crippen molar-refractivity contribution in [1.82, 2.24) is 25.1 Å². The maximum absolute atomic E-state index is 12.7. The Balaban J connectivity index is 1.47. The minimum absolute atomic E-state index is 0.0349. The first-order valence-electron chi connectivity index (χ1n) is 8.22.